The van der Waals surface area contributed by atoms with E-state index in [1.807, 2.05) is 13.8 Å². The van der Waals surface area contributed by atoms with Crippen molar-refractivity contribution in [2.24, 2.45) is 10.8 Å². The largest absolute Gasteiger partial charge is 0.496 e. The number of nitro groups is 1. The average molecular weight is 348 g/mol. The summed E-state index contributed by atoms with van der Waals surface area (Å²) < 4.78 is 10.5. The zero-order valence-electron chi connectivity index (χ0n) is 14.5. The van der Waals surface area contributed by atoms with Crippen LogP contribution in [-0.4, -0.2) is 29.5 Å². The van der Waals surface area contributed by atoms with Gasteiger partial charge < -0.3 is 14.8 Å². The average Bonchev–Trinajstić information content (AvgIpc) is 2.85. The Morgan fingerprint density at radius 1 is 1.32 bits per heavy atom. The Balaban J connectivity index is 1.97. The van der Waals surface area contributed by atoms with E-state index in [-0.39, 0.29) is 11.4 Å². The van der Waals surface area contributed by atoms with Gasteiger partial charge in [-0.3, -0.25) is 19.7 Å². The van der Waals surface area contributed by atoms with Gasteiger partial charge in [-0.15, -0.1) is 0 Å². The normalized spacial score (nSPS) is 29.2. The molecule has 8 nitrogen and oxygen atoms in total. The lowest BCUT2D eigenvalue weighted by molar-refractivity contribution is -0.384. The molecule has 1 aliphatic heterocycles. The topological polar surface area (TPSA) is 108 Å². The van der Waals surface area contributed by atoms with Crippen LogP contribution in [0, 0.1) is 20.9 Å². The van der Waals surface area contributed by atoms with Crippen molar-refractivity contribution < 1.29 is 24.0 Å². The lowest BCUT2D eigenvalue weighted by atomic mass is 9.66. The van der Waals surface area contributed by atoms with E-state index in [1.165, 1.54) is 25.3 Å². The second-order valence-electron chi connectivity index (χ2n) is 7.27. The van der Waals surface area contributed by atoms with E-state index in [1.54, 1.807) is 6.92 Å². The number of ether oxygens (including phenoxy) is 2. The fraction of sp³-hybridized carbons (Fsp3) is 0.529. The number of nitrogens with zero attached hydrogens (tertiary/aromatic N) is 1. The molecule has 1 amide bonds. The first-order valence-corrected chi connectivity index (χ1v) is 7.96. The van der Waals surface area contributed by atoms with Crippen LogP contribution in [-0.2, 0) is 14.3 Å². The van der Waals surface area contributed by atoms with E-state index in [0.29, 0.717) is 18.6 Å². The molecule has 134 valence electrons. The molecule has 2 atom stereocenters. The smallest absolute Gasteiger partial charge is 0.313 e. The number of anilines is 1. The fourth-order valence-corrected chi connectivity index (χ4v) is 3.87. The predicted molar refractivity (Wildman–Crippen MR) is 88.2 cm³/mol. The van der Waals surface area contributed by atoms with Gasteiger partial charge in [-0.1, -0.05) is 13.8 Å². The van der Waals surface area contributed by atoms with Crippen molar-refractivity contribution in [1.29, 1.82) is 0 Å². The van der Waals surface area contributed by atoms with Crippen molar-refractivity contribution in [3.05, 3.63) is 28.3 Å². The van der Waals surface area contributed by atoms with Gasteiger partial charge in [-0.05, 0) is 31.9 Å². The van der Waals surface area contributed by atoms with Crippen LogP contribution < -0.4 is 10.1 Å². The van der Waals surface area contributed by atoms with Gasteiger partial charge in [0.25, 0.3) is 11.6 Å². The summed E-state index contributed by atoms with van der Waals surface area (Å²) in [6.45, 7) is 5.45. The quantitative estimate of drug-likeness (QED) is 0.509. The first kappa shape index (κ1) is 17.2. The Hall–Kier alpha value is -2.64. The lowest BCUT2D eigenvalue weighted by Gasteiger charge is -2.35. The molecule has 25 heavy (non-hydrogen) atoms. The lowest BCUT2D eigenvalue weighted by Crippen LogP contribution is -2.50. The monoisotopic (exact) mass is 348 g/mol. The minimum absolute atomic E-state index is 0.0394. The first-order valence-electron chi connectivity index (χ1n) is 7.96. The van der Waals surface area contributed by atoms with Crippen LogP contribution in [0.4, 0.5) is 11.4 Å². The third kappa shape index (κ3) is 2.06. The highest BCUT2D eigenvalue weighted by atomic mass is 16.6. The summed E-state index contributed by atoms with van der Waals surface area (Å²) in [5.41, 5.74) is -3.03. The molecular formula is C17H20N2O6. The van der Waals surface area contributed by atoms with Crippen molar-refractivity contribution in [2.75, 3.05) is 12.4 Å². The second kappa shape index (κ2) is 5.18. The molecule has 1 aromatic rings. The summed E-state index contributed by atoms with van der Waals surface area (Å²) in [5, 5.41) is 13.9. The van der Waals surface area contributed by atoms with E-state index in [0.717, 1.165) is 0 Å². The maximum atomic E-state index is 13.0. The molecule has 1 saturated carbocycles. The van der Waals surface area contributed by atoms with Gasteiger partial charge in [0.2, 0.25) is 0 Å². The van der Waals surface area contributed by atoms with Crippen molar-refractivity contribution >= 4 is 23.3 Å². The van der Waals surface area contributed by atoms with Gasteiger partial charge in [-0.25, -0.2) is 0 Å². The van der Waals surface area contributed by atoms with E-state index in [2.05, 4.69) is 5.32 Å². The third-order valence-electron chi connectivity index (χ3n) is 6.10. The maximum Gasteiger partial charge on any atom is 0.313 e. The molecule has 0 unspecified atom stereocenters. The number of amides is 1. The number of fused-ring (bicyclic) bond motifs is 2. The van der Waals surface area contributed by atoms with E-state index < -0.39 is 33.2 Å². The number of nitro benzene ring substituents is 1. The van der Waals surface area contributed by atoms with Crippen molar-refractivity contribution in [2.45, 2.75) is 39.2 Å². The van der Waals surface area contributed by atoms with Gasteiger partial charge >= 0.3 is 5.97 Å². The molecule has 1 N–H and O–H groups in total. The summed E-state index contributed by atoms with van der Waals surface area (Å²) in [4.78, 5) is 35.9. The van der Waals surface area contributed by atoms with Crippen molar-refractivity contribution in [1.82, 2.24) is 0 Å². The number of methoxy groups -OCH3 is 1. The van der Waals surface area contributed by atoms with Crippen LogP contribution in [0.15, 0.2) is 18.2 Å². The molecule has 0 radical (unpaired) electrons. The molecule has 2 fully saturated rings. The van der Waals surface area contributed by atoms with Crippen LogP contribution >= 0.6 is 0 Å². The molecule has 2 aliphatic rings. The predicted octanol–water partition coefficient (Wildman–Crippen LogP) is 2.66. The summed E-state index contributed by atoms with van der Waals surface area (Å²) in [6, 6.07) is 4.16. The SMILES string of the molecule is COc1ccc(NC(=O)[C@@]23CC[C@@](C)(C(=O)O2)C3(C)C)c([N+](=O)[O-])c1. The molecule has 1 aromatic carbocycles. The van der Waals surface area contributed by atoms with E-state index in [9.17, 15) is 19.7 Å². The zero-order chi connectivity index (χ0) is 18.6. The highest BCUT2D eigenvalue weighted by Crippen LogP contribution is 2.65. The number of hydrogen-bond acceptors (Lipinski definition) is 6. The van der Waals surface area contributed by atoms with Crippen LogP contribution in [0.2, 0.25) is 0 Å². The number of esters is 1. The number of carbonyl (C=O) groups is 2. The number of carbonyl (C=O) groups excluding carboxylic acids is 2. The number of rotatable bonds is 4. The van der Waals surface area contributed by atoms with Gasteiger partial charge in [0, 0.05) is 5.41 Å². The van der Waals surface area contributed by atoms with E-state index >= 15 is 0 Å². The third-order valence-corrected chi connectivity index (χ3v) is 6.10. The molecule has 1 heterocycles. The van der Waals surface area contributed by atoms with Crippen molar-refractivity contribution in [3.63, 3.8) is 0 Å². The molecular weight excluding hydrogens is 328 g/mol. The highest BCUT2D eigenvalue weighted by Gasteiger charge is 2.75. The van der Waals surface area contributed by atoms with Gasteiger partial charge in [0.1, 0.15) is 11.4 Å². The van der Waals surface area contributed by atoms with Crippen LogP contribution in [0.5, 0.6) is 5.75 Å². The molecule has 0 aromatic heterocycles. The molecule has 1 saturated heterocycles. The Labute approximate surface area is 144 Å². The Morgan fingerprint density at radius 3 is 2.48 bits per heavy atom. The van der Waals surface area contributed by atoms with Crippen molar-refractivity contribution in [3.8, 4) is 5.75 Å². The molecule has 8 heteroatoms. The summed E-state index contributed by atoms with van der Waals surface area (Å²) in [5.74, 6) is -0.632. The maximum absolute atomic E-state index is 13.0. The summed E-state index contributed by atoms with van der Waals surface area (Å²) >= 11 is 0. The number of nitrogens with one attached hydrogen (secondary N) is 1. The van der Waals surface area contributed by atoms with E-state index in [4.69, 9.17) is 9.47 Å². The molecule has 3 rings (SSSR count). The Kier molecular flexibility index (Phi) is 3.56. The number of benzene rings is 1. The van der Waals surface area contributed by atoms with Crippen LogP contribution in [0.25, 0.3) is 0 Å². The fourth-order valence-electron chi connectivity index (χ4n) is 3.87. The summed E-state index contributed by atoms with van der Waals surface area (Å²) in [6.07, 6.45) is 0.926. The zero-order valence-corrected chi connectivity index (χ0v) is 14.5. The van der Waals surface area contributed by atoms with Crippen LogP contribution in [0.1, 0.15) is 33.6 Å². The highest BCUT2D eigenvalue weighted by molar-refractivity contribution is 6.04. The Bertz CT molecular complexity index is 789. The number of hydrogen-bond donors (Lipinski definition) is 1. The molecule has 0 spiro atoms. The van der Waals surface area contributed by atoms with Gasteiger partial charge in [-0.2, -0.15) is 0 Å². The second-order valence-corrected chi connectivity index (χ2v) is 7.27. The minimum atomic E-state index is -1.33. The molecule has 1 aliphatic carbocycles. The van der Waals surface area contributed by atoms with Gasteiger partial charge in [0.05, 0.1) is 23.5 Å². The first-order chi connectivity index (χ1) is 11.6. The standard InChI is InChI=1S/C17H20N2O6/c1-15(2)16(3)7-8-17(15,25-14(16)21)13(20)18-11-6-5-10(24-4)9-12(11)19(22)23/h5-6,9H,7-8H2,1-4H3,(H,18,20)/t16-,17+/m0/s1. The van der Waals surface area contributed by atoms with Crippen LogP contribution in [0.3, 0.4) is 0 Å². The minimum Gasteiger partial charge on any atom is -0.496 e. The molecule has 2 bridgehead atoms. The Morgan fingerprint density at radius 2 is 2.00 bits per heavy atom. The summed E-state index contributed by atoms with van der Waals surface area (Å²) in [7, 11) is 1.40. The van der Waals surface area contributed by atoms with Gasteiger partial charge in [0.15, 0.2) is 5.60 Å².